The highest BCUT2D eigenvalue weighted by Gasteiger charge is 2.42. The summed E-state index contributed by atoms with van der Waals surface area (Å²) in [5.41, 5.74) is 0. The molecule has 2 saturated carbocycles. The molecule has 1 N–H and O–H groups in total. The first kappa shape index (κ1) is 17.7. The lowest BCUT2D eigenvalue weighted by Crippen LogP contribution is -2.52. The number of nitrogens with zero attached hydrogens (tertiary/aromatic N) is 5. The van der Waals surface area contributed by atoms with E-state index in [2.05, 4.69) is 30.7 Å². The lowest BCUT2D eigenvalue weighted by molar-refractivity contribution is 0.134. The summed E-state index contributed by atoms with van der Waals surface area (Å²) in [7, 11) is 0. The van der Waals surface area contributed by atoms with Gasteiger partial charge in [0.15, 0.2) is 0 Å². The highest BCUT2D eigenvalue weighted by molar-refractivity contribution is 5.50. The van der Waals surface area contributed by atoms with Crippen LogP contribution in [-0.2, 0) is 0 Å². The lowest BCUT2D eigenvalue weighted by atomic mass is 9.93. The van der Waals surface area contributed by atoms with E-state index in [0.29, 0.717) is 5.92 Å². The van der Waals surface area contributed by atoms with Crippen LogP contribution in [-0.4, -0.2) is 71.9 Å². The Kier molecular flexibility index (Phi) is 4.94. The number of anilines is 2. The molecule has 0 spiro atoms. The lowest BCUT2D eigenvalue weighted by Gasteiger charge is -2.41. The maximum atomic E-state index is 9.50. The molecule has 148 valence electrons. The molecule has 6 heteroatoms. The van der Waals surface area contributed by atoms with Crippen molar-refractivity contribution in [1.29, 1.82) is 0 Å². The van der Waals surface area contributed by atoms with E-state index >= 15 is 0 Å². The fourth-order valence-corrected chi connectivity index (χ4v) is 6.05. The summed E-state index contributed by atoms with van der Waals surface area (Å²) < 4.78 is 0. The molecule has 4 unspecified atom stereocenters. The second-order valence-electron chi connectivity index (χ2n) is 9.14. The zero-order valence-electron chi connectivity index (χ0n) is 16.3. The third-order valence-electron chi connectivity index (χ3n) is 7.55. The Bertz CT molecular complexity index is 647. The van der Waals surface area contributed by atoms with E-state index in [1.54, 1.807) is 6.33 Å². The number of rotatable bonds is 4. The second-order valence-corrected chi connectivity index (χ2v) is 9.14. The summed E-state index contributed by atoms with van der Waals surface area (Å²) in [4.78, 5) is 16.6. The van der Waals surface area contributed by atoms with E-state index in [0.717, 1.165) is 68.5 Å². The number of piperazine rings is 1. The largest absolute Gasteiger partial charge is 0.396 e. The minimum Gasteiger partial charge on any atom is -0.396 e. The predicted molar refractivity (Wildman–Crippen MR) is 107 cm³/mol. The fraction of sp³-hybridized carbons (Fsp3) is 0.810. The van der Waals surface area contributed by atoms with Crippen LogP contribution in [0.3, 0.4) is 0 Å². The molecule has 1 aromatic rings. The standard InChI is InChI=1S/C21H33N5O/c27-14-17-2-1-5-26(13-17)21-12-20(22-15-23-21)25-8-6-24(7-9-25)19-11-16-3-4-18(19)10-16/h12,15-19,27H,1-11,13-14H2. The van der Waals surface area contributed by atoms with Gasteiger partial charge < -0.3 is 14.9 Å². The Balaban J connectivity index is 1.21. The van der Waals surface area contributed by atoms with Crippen LogP contribution in [0.15, 0.2) is 12.4 Å². The first-order chi connectivity index (χ1) is 13.3. The van der Waals surface area contributed by atoms with Gasteiger partial charge in [0.05, 0.1) is 0 Å². The van der Waals surface area contributed by atoms with E-state index in [1.165, 1.54) is 38.8 Å². The van der Waals surface area contributed by atoms with Crippen LogP contribution in [0.2, 0.25) is 0 Å². The molecule has 5 rings (SSSR count). The predicted octanol–water partition coefficient (Wildman–Crippen LogP) is 2.00. The van der Waals surface area contributed by atoms with Crippen molar-refractivity contribution < 1.29 is 5.11 Å². The molecule has 4 fully saturated rings. The number of aromatic nitrogens is 2. The number of hydrogen-bond acceptors (Lipinski definition) is 6. The van der Waals surface area contributed by atoms with Gasteiger partial charge in [0.1, 0.15) is 18.0 Å². The molecule has 0 radical (unpaired) electrons. The Morgan fingerprint density at radius 2 is 1.74 bits per heavy atom. The molecular formula is C21H33N5O. The van der Waals surface area contributed by atoms with E-state index in [9.17, 15) is 5.11 Å². The van der Waals surface area contributed by atoms with Gasteiger partial charge in [-0.1, -0.05) is 6.42 Å². The van der Waals surface area contributed by atoms with Gasteiger partial charge in [0, 0.05) is 58.0 Å². The average Bonchev–Trinajstić information content (AvgIpc) is 3.38. The Morgan fingerprint density at radius 1 is 0.926 bits per heavy atom. The summed E-state index contributed by atoms with van der Waals surface area (Å²) in [6.07, 6.45) is 9.86. The van der Waals surface area contributed by atoms with Crippen molar-refractivity contribution in [2.75, 3.05) is 55.7 Å². The van der Waals surface area contributed by atoms with Crippen molar-refractivity contribution in [3.8, 4) is 0 Å². The number of fused-ring (bicyclic) bond motifs is 2. The molecular weight excluding hydrogens is 338 g/mol. The molecule has 4 aliphatic rings. The van der Waals surface area contributed by atoms with Gasteiger partial charge in [0.2, 0.25) is 0 Å². The van der Waals surface area contributed by atoms with Crippen LogP contribution in [0.5, 0.6) is 0 Å². The first-order valence-corrected chi connectivity index (χ1v) is 11.0. The molecule has 2 saturated heterocycles. The second kappa shape index (κ2) is 7.55. The third kappa shape index (κ3) is 3.54. The van der Waals surface area contributed by atoms with E-state index in [4.69, 9.17) is 0 Å². The Hall–Kier alpha value is -1.40. The zero-order chi connectivity index (χ0) is 18.2. The van der Waals surface area contributed by atoms with Crippen molar-refractivity contribution in [2.45, 2.75) is 44.6 Å². The highest BCUT2D eigenvalue weighted by atomic mass is 16.3. The fourth-order valence-electron chi connectivity index (χ4n) is 6.05. The van der Waals surface area contributed by atoms with Gasteiger partial charge in [-0.25, -0.2) is 9.97 Å². The summed E-state index contributed by atoms with van der Waals surface area (Å²) in [6.45, 7) is 6.70. The van der Waals surface area contributed by atoms with Gasteiger partial charge in [-0.3, -0.25) is 4.90 Å². The van der Waals surface area contributed by atoms with Gasteiger partial charge in [-0.2, -0.15) is 0 Å². The number of aliphatic hydroxyl groups excluding tert-OH is 1. The SMILES string of the molecule is OCC1CCCN(c2cc(N3CCN(C4CC5CCC4C5)CC3)ncn2)C1. The van der Waals surface area contributed by atoms with Crippen LogP contribution in [0.25, 0.3) is 0 Å². The van der Waals surface area contributed by atoms with E-state index < -0.39 is 0 Å². The smallest absolute Gasteiger partial charge is 0.134 e. The Labute approximate surface area is 162 Å². The number of piperidine rings is 1. The minimum atomic E-state index is 0.277. The van der Waals surface area contributed by atoms with Gasteiger partial charge >= 0.3 is 0 Å². The van der Waals surface area contributed by atoms with E-state index in [1.807, 2.05) is 0 Å². The molecule has 0 amide bonds. The van der Waals surface area contributed by atoms with Gasteiger partial charge in [-0.05, 0) is 49.9 Å². The van der Waals surface area contributed by atoms with Crippen LogP contribution >= 0.6 is 0 Å². The van der Waals surface area contributed by atoms with Gasteiger partial charge in [-0.15, -0.1) is 0 Å². The monoisotopic (exact) mass is 371 g/mol. The summed E-state index contributed by atoms with van der Waals surface area (Å²) in [6, 6.07) is 3.02. The molecule has 2 bridgehead atoms. The van der Waals surface area contributed by atoms with Crippen molar-refractivity contribution >= 4 is 11.6 Å². The summed E-state index contributed by atoms with van der Waals surface area (Å²) in [5, 5.41) is 9.50. The van der Waals surface area contributed by atoms with Crippen LogP contribution in [0, 0.1) is 17.8 Å². The number of hydrogen-bond donors (Lipinski definition) is 1. The summed E-state index contributed by atoms with van der Waals surface area (Å²) in [5.74, 6) is 4.47. The molecule has 0 aromatic carbocycles. The third-order valence-corrected chi connectivity index (χ3v) is 7.55. The first-order valence-electron chi connectivity index (χ1n) is 11.0. The Morgan fingerprint density at radius 3 is 2.44 bits per heavy atom. The maximum absolute atomic E-state index is 9.50. The van der Waals surface area contributed by atoms with Crippen molar-refractivity contribution in [3.63, 3.8) is 0 Å². The topological polar surface area (TPSA) is 55.7 Å². The van der Waals surface area contributed by atoms with Crippen LogP contribution < -0.4 is 9.80 Å². The molecule has 6 nitrogen and oxygen atoms in total. The van der Waals surface area contributed by atoms with Crippen LogP contribution in [0.4, 0.5) is 11.6 Å². The molecule has 1 aromatic heterocycles. The van der Waals surface area contributed by atoms with E-state index in [-0.39, 0.29) is 6.61 Å². The van der Waals surface area contributed by atoms with Crippen molar-refractivity contribution in [2.24, 2.45) is 17.8 Å². The maximum Gasteiger partial charge on any atom is 0.134 e. The zero-order valence-corrected chi connectivity index (χ0v) is 16.3. The summed E-state index contributed by atoms with van der Waals surface area (Å²) >= 11 is 0. The number of aliphatic hydroxyl groups is 1. The van der Waals surface area contributed by atoms with Gasteiger partial charge in [0.25, 0.3) is 0 Å². The van der Waals surface area contributed by atoms with Crippen molar-refractivity contribution in [1.82, 2.24) is 14.9 Å². The molecule has 2 aliphatic carbocycles. The van der Waals surface area contributed by atoms with Crippen LogP contribution in [0.1, 0.15) is 38.5 Å². The van der Waals surface area contributed by atoms with Crippen molar-refractivity contribution in [3.05, 3.63) is 12.4 Å². The minimum absolute atomic E-state index is 0.277. The highest BCUT2D eigenvalue weighted by Crippen LogP contribution is 2.46. The molecule has 3 heterocycles. The average molecular weight is 372 g/mol. The molecule has 27 heavy (non-hydrogen) atoms. The quantitative estimate of drug-likeness (QED) is 0.874. The normalized spacial score (nSPS) is 34.4. The molecule has 2 aliphatic heterocycles. The molecule has 4 atom stereocenters.